The van der Waals surface area contributed by atoms with Crippen LogP contribution < -0.4 is 10.1 Å². The summed E-state index contributed by atoms with van der Waals surface area (Å²) < 4.78 is 5.39. The van der Waals surface area contributed by atoms with Crippen molar-refractivity contribution in [2.45, 2.75) is 38.1 Å². The van der Waals surface area contributed by atoms with E-state index in [2.05, 4.69) is 21.2 Å². The molecule has 128 valence electrons. The molecule has 0 radical (unpaired) electrons. The van der Waals surface area contributed by atoms with E-state index in [4.69, 9.17) is 4.74 Å². The van der Waals surface area contributed by atoms with Gasteiger partial charge < -0.3 is 10.1 Å². The molecule has 1 saturated heterocycles. The molecule has 1 heterocycles. The van der Waals surface area contributed by atoms with Crippen molar-refractivity contribution in [3.8, 4) is 5.75 Å². The third kappa shape index (κ3) is 4.61. The summed E-state index contributed by atoms with van der Waals surface area (Å²) >= 11 is 0. The standard InChI is InChI=1S/C19H31N3O/c1-23-19-10-6-5-9-18(19)20-11-12-21-13-15-22(16-14-21)17-7-3-2-4-8-17/h5-6,9-10,17,20H,2-4,7-8,11-16H2,1H3. The molecule has 0 atom stereocenters. The van der Waals surface area contributed by atoms with Gasteiger partial charge in [0.1, 0.15) is 5.75 Å². The lowest BCUT2D eigenvalue weighted by Crippen LogP contribution is -2.51. The molecule has 1 saturated carbocycles. The first-order chi connectivity index (χ1) is 11.4. The van der Waals surface area contributed by atoms with Crippen molar-refractivity contribution >= 4 is 5.69 Å². The van der Waals surface area contributed by atoms with Gasteiger partial charge in [0.2, 0.25) is 0 Å². The third-order valence-electron chi connectivity index (χ3n) is 5.35. The maximum absolute atomic E-state index is 5.39. The van der Waals surface area contributed by atoms with Crippen molar-refractivity contribution in [2.24, 2.45) is 0 Å². The fourth-order valence-corrected chi connectivity index (χ4v) is 3.94. The highest BCUT2D eigenvalue weighted by Crippen LogP contribution is 2.24. The Hall–Kier alpha value is -1.26. The van der Waals surface area contributed by atoms with Crippen LogP contribution in [-0.4, -0.2) is 62.2 Å². The number of benzene rings is 1. The van der Waals surface area contributed by atoms with E-state index in [-0.39, 0.29) is 0 Å². The van der Waals surface area contributed by atoms with Crippen LogP contribution in [0.5, 0.6) is 5.75 Å². The molecule has 0 amide bonds. The topological polar surface area (TPSA) is 27.7 Å². The Morgan fingerprint density at radius 2 is 1.78 bits per heavy atom. The Bertz CT molecular complexity index is 465. The summed E-state index contributed by atoms with van der Waals surface area (Å²) in [5.74, 6) is 0.926. The minimum atomic E-state index is 0.873. The van der Waals surface area contributed by atoms with E-state index >= 15 is 0 Å². The Morgan fingerprint density at radius 1 is 1.04 bits per heavy atom. The van der Waals surface area contributed by atoms with Crippen molar-refractivity contribution in [1.29, 1.82) is 0 Å². The molecule has 0 unspecified atom stereocenters. The molecule has 4 nitrogen and oxygen atoms in total. The van der Waals surface area contributed by atoms with Gasteiger partial charge in [-0.25, -0.2) is 0 Å². The second-order valence-corrected chi connectivity index (χ2v) is 6.80. The zero-order valence-corrected chi connectivity index (χ0v) is 14.5. The van der Waals surface area contributed by atoms with Gasteiger partial charge in [-0.2, -0.15) is 0 Å². The van der Waals surface area contributed by atoms with E-state index in [1.165, 1.54) is 58.3 Å². The lowest BCUT2D eigenvalue weighted by atomic mass is 9.94. The maximum atomic E-state index is 5.39. The van der Waals surface area contributed by atoms with Crippen molar-refractivity contribution in [3.05, 3.63) is 24.3 Å². The number of para-hydroxylation sites is 2. The van der Waals surface area contributed by atoms with Crippen molar-refractivity contribution in [1.82, 2.24) is 9.80 Å². The molecule has 0 bridgehead atoms. The van der Waals surface area contributed by atoms with E-state index in [9.17, 15) is 0 Å². The predicted octanol–water partition coefficient (Wildman–Crippen LogP) is 3.06. The minimum absolute atomic E-state index is 0.873. The molecular weight excluding hydrogens is 286 g/mol. The smallest absolute Gasteiger partial charge is 0.141 e. The summed E-state index contributed by atoms with van der Waals surface area (Å²) in [6, 6.07) is 9.02. The number of ether oxygens (including phenoxy) is 1. The second kappa shape index (κ2) is 8.55. The number of rotatable bonds is 6. The van der Waals surface area contributed by atoms with Crippen LogP contribution in [-0.2, 0) is 0 Å². The SMILES string of the molecule is COc1ccccc1NCCN1CCN(C2CCCCC2)CC1. The number of nitrogens with one attached hydrogen (secondary N) is 1. The van der Waals surface area contributed by atoms with E-state index in [1.807, 2.05) is 18.2 Å². The summed E-state index contributed by atoms with van der Waals surface area (Å²) in [6.45, 7) is 7.01. The van der Waals surface area contributed by atoms with E-state index in [1.54, 1.807) is 7.11 Å². The second-order valence-electron chi connectivity index (χ2n) is 6.80. The number of piperazine rings is 1. The molecule has 2 fully saturated rings. The summed E-state index contributed by atoms with van der Waals surface area (Å²) in [5.41, 5.74) is 1.09. The van der Waals surface area contributed by atoms with E-state index in [0.717, 1.165) is 30.6 Å². The van der Waals surface area contributed by atoms with Gasteiger partial charge in [-0.3, -0.25) is 9.80 Å². The normalized spacial score (nSPS) is 21.3. The van der Waals surface area contributed by atoms with Crippen molar-refractivity contribution in [2.75, 3.05) is 51.7 Å². The average Bonchev–Trinajstić information content (AvgIpc) is 2.63. The summed E-state index contributed by atoms with van der Waals surface area (Å²) in [4.78, 5) is 5.32. The monoisotopic (exact) mass is 317 g/mol. The summed E-state index contributed by atoms with van der Waals surface area (Å²) in [7, 11) is 1.73. The number of hydrogen-bond acceptors (Lipinski definition) is 4. The van der Waals surface area contributed by atoms with E-state index in [0.29, 0.717) is 0 Å². The molecule has 0 aromatic heterocycles. The van der Waals surface area contributed by atoms with Crippen molar-refractivity contribution < 1.29 is 4.74 Å². The van der Waals surface area contributed by atoms with Gasteiger partial charge in [-0.15, -0.1) is 0 Å². The molecular formula is C19H31N3O. The van der Waals surface area contributed by atoms with Gasteiger partial charge in [0.05, 0.1) is 12.8 Å². The lowest BCUT2D eigenvalue weighted by molar-refractivity contribution is 0.0810. The van der Waals surface area contributed by atoms with Crippen LogP contribution in [0, 0.1) is 0 Å². The van der Waals surface area contributed by atoms with Crippen LogP contribution in [0.2, 0.25) is 0 Å². The van der Waals surface area contributed by atoms with Crippen LogP contribution in [0.4, 0.5) is 5.69 Å². The van der Waals surface area contributed by atoms with Gasteiger partial charge >= 0.3 is 0 Å². The summed E-state index contributed by atoms with van der Waals surface area (Å²) in [6.07, 6.45) is 7.18. The maximum Gasteiger partial charge on any atom is 0.141 e. The van der Waals surface area contributed by atoms with Gasteiger partial charge in [-0.1, -0.05) is 31.4 Å². The predicted molar refractivity (Wildman–Crippen MR) is 96.4 cm³/mol. The Kier molecular flexibility index (Phi) is 6.17. The van der Waals surface area contributed by atoms with Crippen LogP contribution in [0.15, 0.2) is 24.3 Å². The third-order valence-corrected chi connectivity index (χ3v) is 5.35. The van der Waals surface area contributed by atoms with Crippen LogP contribution in [0.3, 0.4) is 0 Å². The fourth-order valence-electron chi connectivity index (χ4n) is 3.94. The van der Waals surface area contributed by atoms with Crippen molar-refractivity contribution in [3.63, 3.8) is 0 Å². The molecule has 23 heavy (non-hydrogen) atoms. The molecule has 0 spiro atoms. The number of nitrogens with zero attached hydrogens (tertiary/aromatic N) is 2. The van der Waals surface area contributed by atoms with Gasteiger partial charge in [0, 0.05) is 45.3 Å². The first-order valence-corrected chi connectivity index (χ1v) is 9.20. The number of anilines is 1. The molecule has 2 aliphatic rings. The van der Waals surface area contributed by atoms with Gasteiger partial charge in [0.25, 0.3) is 0 Å². The number of hydrogen-bond donors (Lipinski definition) is 1. The zero-order valence-electron chi connectivity index (χ0n) is 14.5. The Balaban J connectivity index is 1.37. The quantitative estimate of drug-likeness (QED) is 0.873. The Labute approximate surface area is 140 Å². The van der Waals surface area contributed by atoms with Crippen LogP contribution in [0.1, 0.15) is 32.1 Å². The minimum Gasteiger partial charge on any atom is -0.495 e. The average molecular weight is 317 g/mol. The molecule has 1 aliphatic heterocycles. The highest BCUT2D eigenvalue weighted by atomic mass is 16.5. The Morgan fingerprint density at radius 3 is 2.52 bits per heavy atom. The highest BCUT2D eigenvalue weighted by Gasteiger charge is 2.24. The van der Waals surface area contributed by atoms with Crippen LogP contribution >= 0.6 is 0 Å². The number of methoxy groups -OCH3 is 1. The van der Waals surface area contributed by atoms with E-state index < -0.39 is 0 Å². The van der Waals surface area contributed by atoms with Gasteiger partial charge in [-0.05, 0) is 25.0 Å². The largest absolute Gasteiger partial charge is 0.495 e. The molecule has 4 heteroatoms. The zero-order chi connectivity index (χ0) is 15.9. The molecule has 3 rings (SSSR count). The first kappa shape index (κ1) is 16.6. The molecule has 1 aliphatic carbocycles. The van der Waals surface area contributed by atoms with Crippen LogP contribution in [0.25, 0.3) is 0 Å². The highest BCUT2D eigenvalue weighted by molar-refractivity contribution is 5.56. The van der Waals surface area contributed by atoms with Gasteiger partial charge in [0.15, 0.2) is 0 Å². The molecule has 1 aromatic rings. The fraction of sp³-hybridized carbons (Fsp3) is 0.684. The first-order valence-electron chi connectivity index (χ1n) is 9.20. The molecule has 1 N–H and O–H groups in total. The lowest BCUT2D eigenvalue weighted by Gasteiger charge is -2.40. The molecule has 1 aromatic carbocycles. The summed E-state index contributed by atoms with van der Waals surface area (Å²) in [5, 5.41) is 3.51.